The number of carbonyl (C=O) groups is 1. The van der Waals surface area contributed by atoms with Crippen LogP contribution in [0.3, 0.4) is 0 Å². The molecule has 36 heavy (non-hydrogen) atoms. The molecule has 2 fully saturated rings. The summed E-state index contributed by atoms with van der Waals surface area (Å²) in [7, 11) is 0. The van der Waals surface area contributed by atoms with Crippen LogP contribution in [0.2, 0.25) is 0 Å². The number of rotatable bonds is 7. The van der Waals surface area contributed by atoms with Crippen molar-refractivity contribution in [1.29, 1.82) is 0 Å². The van der Waals surface area contributed by atoms with Crippen LogP contribution in [-0.2, 0) is 11.2 Å². The van der Waals surface area contributed by atoms with Gasteiger partial charge in [-0.3, -0.25) is 14.5 Å². The van der Waals surface area contributed by atoms with Gasteiger partial charge in [0.25, 0.3) is 5.91 Å². The molecule has 10 nitrogen and oxygen atoms in total. The SMILES string of the molecule is CCCc1n[nH]c2cc(O)c(-c3nnc(C(=O)NC4CC4)n3-c3ccc(N4CCOCC4)cc3)cc12. The Kier molecular flexibility index (Phi) is 5.80. The quantitative estimate of drug-likeness (QED) is 0.366. The van der Waals surface area contributed by atoms with Crippen LogP contribution >= 0.6 is 0 Å². The lowest BCUT2D eigenvalue weighted by Gasteiger charge is -2.29. The van der Waals surface area contributed by atoms with Gasteiger partial charge in [0.1, 0.15) is 5.75 Å². The molecule has 3 N–H and O–H groups in total. The first-order valence-corrected chi connectivity index (χ1v) is 12.5. The first-order valence-electron chi connectivity index (χ1n) is 12.5. The summed E-state index contributed by atoms with van der Waals surface area (Å²) in [6.07, 6.45) is 3.71. The van der Waals surface area contributed by atoms with Crippen molar-refractivity contribution in [2.75, 3.05) is 31.2 Å². The van der Waals surface area contributed by atoms with Crippen molar-refractivity contribution in [3.63, 3.8) is 0 Å². The number of H-pyrrole nitrogens is 1. The third-order valence-electron chi connectivity index (χ3n) is 6.75. The number of nitrogens with one attached hydrogen (secondary N) is 2. The van der Waals surface area contributed by atoms with Crippen molar-refractivity contribution in [3.8, 4) is 22.8 Å². The second kappa shape index (κ2) is 9.27. The summed E-state index contributed by atoms with van der Waals surface area (Å²) < 4.78 is 7.19. The summed E-state index contributed by atoms with van der Waals surface area (Å²) in [5, 5.41) is 30.9. The molecule has 0 atom stereocenters. The average Bonchev–Trinajstić information content (AvgIpc) is 3.47. The molecule has 2 aromatic heterocycles. The van der Waals surface area contributed by atoms with Gasteiger partial charge >= 0.3 is 0 Å². The van der Waals surface area contributed by atoms with Gasteiger partial charge in [0, 0.05) is 42.0 Å². The second-order valence-corrected chi connectivity index (χ2v) is 9.38. The Hall–Kier alpha value is -3.92. The number of morpholine rings is 1. The summed E-state index contributed by atoms with van der Waals surface area (Å²) in [6, 6.07) is 11.7. The van der Waals surface area contributed by atoms with Crippen molar-refractivity contribution in [1.82, 2.24) is 30.3 Å². The van der Waals surface area contributed by atoms with E-state index >= 15 is 0 Å². The first kappa shape index (κ1) is 22.5. The molecule has 0 bridgehead atoms. The maximum atomic E-state index is 13.1. The van der Waals surface area contributed by atoms with Crippen molar-refractivity contribution in [3.05, 3.63) is 47.9 Å². The normalized spacial score (nSPS) is 16.0. The number of hydrogen-bond donors (Lipinski definition) is 3. The van der Waals surface area contributed by atoms with E-state index in [9.17, 15) is 9.90 Å². The van der Waals surface area contributed by atoms with Crippen LogP contribution in [0.5, 0.6) is 5.75 Å². The summed E-state index contributed by atoms with van der Waals surface area (Å²) >= 11 is 0. The Balaban J connectivity index is 1.45. The number of benzene rings is 2. The highest BCUT2D eigenvalue weighted by Gasteiger charge is 2.29. The number of aryl methyl sites for hydroxylation is 1. The number of hydrogen-bond acceptors (Lipinski definition) is 7. The summed E-state index contributed by atoms with van der Waals surface area (Å²) in [5.41, 5.74) is 4.02. The van der Waals surface area contributed by atoms with Gasteiger partial charge in [-0.05, 0) is 49.6 Å². The Labute approximate surface area is 208 Å². The molecule has 1 saturated heterocycles. The number of phenolic OH excluding ortho intramolecular Hbond substituents is 1. The third-order valence-corrected chi connectivity index (χ3v) is 6.75. The minimum absolute atomic E-state index is 0.0435. The van der Waals surface area contributed by atoms with Crippen LogP contribution in [0.25, 0.3) is 28.0 Å². The molecular formula is C26H29N7O3. The lowest BCUT2D eigenvalue weighted by Crippen LogP contribution is -2.36. The number of anilines is 1. The summed E-state index contributed by atoms with van der Waals surface area (Å²) in [5.74, 6) is 0.362. The van der Waals surface area contributed by atoms with Crippen LogP contribution in [0, 0.1) is 0 Å². The monoisotopic (exact) mass is 487 g/mol. The molecule has 10 heteroatoms. The molecule has 4 aromatic rings. The van der Waals surface area contributed by atoms with Crippen LogP contribution < -0.4 is 10.2 Å². The van der Waals surface area contributed by atoms with E-state index in [0.717, 1.165) is 66.7 Å². The van der Waals surface area contributed by atoms with E-state index in [1.54, 1.807) is 10.6 Å². The molecule has 2 aromatic carbocycles. The van der Waals surface area contributed by atoms with E-state index in [4.69, 9.17) is 4.74 Å². The van der Waals surface area contributed by atoms with E-state index in [-0.39, 0.29) is 23.5 Å². The van der Waals surface area contributed by atoms with Gasteiger partial charge in [0.15, 0.2) is 5.82 Å². The largest absolute Gasteiger partial charge is 0.507 e. The molecule has 0 unspecified atom stereocenters. The highest BCUT2D eigenvalue weighted by Crippen LogP contribution is 2.35. The number of aromatic nitrogens is 5. The standard InChI is InChI=1S/C26H29N7O3/c1-2-3-21-19-14-20(23(34)15-22(19)29-28-21)24-30-31-25(26(35)27-16-4-5-16)33(24)18-8-6-17(7-9-18)32-10-12-36-13-11-32/h6-9,14-16,34H,2-5,10-13H2,1H3,(H,27,35)(H,28,29). The lowest BCUT2D eigenvalue weighted by atomic mass is 10.1. The molecule has 186 valence electrons. The minimum Gasteiger partial charge on any atom is -0.507 e. The molecule has 0 radical (unpaired) electrons. The molecule has 1 aliphatic carbocycles. The van der Waals surface area contributed by atoms with E-state index in [2.05, 4.69) is 37.5 Å². The maximum absolute atomic E-state index is 13.1. The molecule has 1 aliphatic heterocycles. The molecule has 3 heterocycles. The van der Waals surface area contributed by atoms with Gasteiger partial charge in [0.2, 0.25) is 5.82 Å². The number of amides is 1. The fraction of sp³-hybridized carbons (Fsp3) is 0.385. The smallest absolute Gasteiger partial charge is 0.289 e. The van der Waals surface area contributed by atoms with E-state index < -0.39 is 0 Å². The molecule has 1 saturated carbocycles. The van der Waals surface area contributed by atoms with E-state index in [0.29, 0.717) is 24.6 Å². The van der Waals surface area contributed by atoms with Crippen LogP contribution in [0.15, 0.2) is 36.4 Å². The van der Waals surface area contributed by atoms with Crippen molar-refractivity contribution >= 4 is 22.5 Å². The third kappa shape index (κ3) is 4.17. The Morgan fingerprint density at radius 3 is 2.61 bits per heavy atom. The van der Waals surface area contributed by atoms with E-state index in [1.165, 1.54) is 0 Å². The number of nitrogens with zero attached hydrogens (tertiary/aromatic N) is 5. The van der Waals surface area contributed by atoms with Crippen LogP contribution in [0.1, 0.15) is 42.5 Å². The van der Waals surface area contributed by atoms with Gasteiger partial charge in [-0.2, -0.15) is 5.10 Å². The molecule has 0 spiro atoms. The molecular weight excluding hydrogens is 458 g/mol. The summed E-state index contributed by atoms with van der Waals surface area (Å²) in [6.45, 7) is 5.19. The van der Waals surface area contributed by atoms with Crippen molar-refractivity contribution in [2.24, 2.45) is 0 Å². The minimum atomic E-state index is -0.274. The number of fused-ring (bicyclic) bond motifs is 1. The predicted octanol–water partition coefficient (Wildman–Crippen LogP) is 3.20. The zero-order valence-electron chi connectivity index (χ0n) is 20.2. The van der Waals surface area contributed by atoms with Crippen molar-refractivity contribution < 1.29 is 14.6 Å². The van der Waals surface area contributed by atoms with Gasteiger partial charge in [-0.25, -0.2) is 0 Å². The second-order valence-electron chi connectivity index (χ2n) is 9.38. The predicted molar refractivity (Wildman–Crippen MR) is 136 cm³/mol. The zero-order chi connectivity index (χ0) is 24.6. The van der Waals surface area contributed by atoms with E-state index in [1.807, 2.05) is 30.3 Å². The van der Waals surface area contributed by atoms with Gasteiger partial charge < -0.3 is 20.1 Å². The molecule has 6 rings (SSSR count). The summed E-state index contributed by atoms with van der Waals surface area (Å²) in [4.78, 5) is 15.4. The number of ether oxygens (including phenoxy) is 1. The highest BCUT2D eigenvalue weighted by molar-refractivity contribution is 5.94. The average molecular weight is 488 g/mol. The van der Waals surface area contributed by atoms with Crippen molar-refractivity contribution in [2.45, 2.75) is 38.6 Å². The highest BCUT2D eigenvalue weighted by atomic mass is 16.5. The Bertz CT molecular complexity index is 1400. The Morgan fingerprint density at radius 2 is 1.89 bits per heavy atom. The maximum Gasteiger partial charge on any atom is 0.289 e. The van der Waals surface area contributed by atoms with Gasteiger partial charge in [0.05, 0.1) is 30.0 Å². The van der Waals surface area contributed by atoms with Crippen LogP contribution in [0.4, 0.5) is 5.69 Å². The molecule has 2 aliphatic rings. The topological polar surface area (TPSA) is 121 Å². The van der Waals surface area contributed by atoms with Gasteiger partial charge in [-0.15, -0.1) is 10.2 Å². The van der Waals surface area contributed by atoms with Gasteiger partial charge in [-0.1, -0.05) is 13.3 Å². The fourth-order valence-corrected chi connectivity index (χ4v) is 4.68. The number of aromatic hydroxyl groups is 1. The zero-order valence-corrected chi connectivity index (χ0v) is 20.2. The number of aromatic amines is 1. The van der Waals surface area contributed by atoms with Crippen LogP contribution in [-0.4, -0.2) is 68.3 Å². The number of carbonyl (C=O) groups excluding carboxylic acids is 1. The lowest BCUT2D eigenvalue weighted by molar-refractivity contribution is 0.0938. The Morgan fingerprint density at radius 1 is 1.14 bits per heavy atom. The fourth-order valence-electron chi connectivity index (χ4n) is 4.68. The first-order chi connectivity index (χ1) is 17.6. The molecule has 1 amide bonds. The number of phenols is 1.